The molecule has 0 spiro atoms. The van der Waals surface area contributed by atoms with Crippen LogP contribution in [0.15, 0.2) is 24.8 Å². The van der Waals surface area contributed by atoms with Gasteiger partial charge in [0, 0.05) is 6.07 Å². The molecule has 0 aliphatic carbocycles. The number of aromatic nitrogens is 3. The molecule has 2 rings (SSSR count). The third kappa shape index (κ3) is 2.94. The molecular formula is C12H10ClN3O4. The van der Waals surface area contributed by atoms with E-state index in [2.05, 4.69) is 15.0 Å². The van der Waals surface area contributed by atoms with Crippen LogP contribution in [0, 0.1) is 0 Å². The highest BCUT2D eigenvalue weighted by Gasteiger charge is 2.21. The van der Waals surface area contributed by atoms with Crippen LogP contribution in [0.25, 0.3) is 0 Å². The van der Waals surface area contributed by atoms with Crippen molar-refractivity contribution in [1.82, 2.24) is 15.0 Å². The number of carbonyl (C=O) groups excluding carboxylic acids is 1. The van der Waals surface area contributed by atoms with Crippen molar-refractivity contribution in [1.29, 1.82) is 0 Å². The average molecular weight is 296 g/mol. The Labute approximate surface area is 119 Å². The van der Waals surface area contributed by atoms with Crippen molar-refractivity contribution in [2.45, 2.75) is 0 Å². The van der Waals surface area contributed by atoms with E-state index < -0.39 is 5.97 Å². The molecule has 1 aromatic carbocycles. The van der Waals surface area contributed by atoms with Gasteiger partial charge < -0.3 is 14.2 Å². The summed E-state index contributed by atoms with van der Waals surface area (Å²) in [4.78, 5) is 23.1. The van der Waals surface area contributed by atoms with E-state index in [1.165, 1.54) is 39.0 Å². The number of hydrogen-bond donors (Lipinski definition) is 0. The topological polar surface area (TPSA) is 83.4 Å². The Hall–Kier alpha value is -2.41. The van der Waals surface area contributed by atoms with Gasteiger partial charge in [0.15, 0.2) is 0 Å². The number of rotatable bonds is 4. The Balaban J connectivity index is 2.34. The first kappa shape index (κ1) is 14.0. The van der Waals surface area contributed by atoms with Crippen LogP contribution in [-0.4, -0.2) is 35.1 Å². The van der Waals surface area contributed by atoms with E-state index in [4.69, 9.17) is 25.8 Å². The molecule has 0 atom stereocenters. The SMILES string of the molecule is COc1cc(Cl)c(C(=O)Oc2ncncn2)c(OC)c1. The standard InChI is InChI=1S/C12H10ClN3O4/c1-18-7-3-8(13)10(9(4-7)19-2)11(17)20-12-15-5-14-6-16-12/h3-6H,1-2H3. The Morgan fingerprint density at radius 3 is 2.45 bits per heavy atom. The lowest BCUT2D eigenvalue weighted by molar-refractivity contribution is 0.0715. The van der Waals surface area contributed by atoms with Crippen molar-refractivity contribution >= 4 is 17.6 Å². The first-order valence-electron chi connectivity index (χ1n) is 5.41. The van der Waals surface area contributed by atoms with E-state index in [0.717, 1.165) is 0 Å². The first-order valence-corrected chi connectivity index (χ1v) is 5.79. The summed E-state index contributed by atoms with van der Waals surface area (Å²) in [6.45, 7) is 0. The monoisotopic (exact) mass is 295 g/mol. The number of methoxy groups -OCH3 is 2. The lowest BCUT2D eigenvalue weighted by atomic mass is 10.2. The lowest BCUT2D eigenvalue weighted by Crippen LogP contribution is -2.13. The van der Waals surface area contributed by atoms with Gasteiger partial charge in [-0.1, -0.05) is 11.6 Å². The molecule has 8 heteroatoms. The van der Waals surface area contributed by atoms with Gasteiger partial charge in [0.25, 0.3) is 0 Å². The largest absolute Gasteiger partial charge is 0.497 e. The number of esters is 1. The molecule has 104 valence electrons. The van der Waals surface area contributed by atoms with Crippen LogP contribution in [-0.2, 0) is 0 Å². The Kier molecular flexibility index (Phi) is 4.31. The number of halogens is 1. The number of hydrogen-bond acceptors (Lipinski definition) is 7. The third-order valence-electron chi connectivity index (χ3n) is 2.34. The van der Waals surface area contributed by atoms with Crippen LogP contribution < -0.4 is 14.2 Å². The minimum Gasteiger partial charge on any atom is -0.497 e. The summed E-state index contributed by atoms with van der Waals surface area (Å²) >= 11 is 6.04. The second kappa shape index (κ2) is 6.16. The zero-order valence-electron chi connectivity index (χ0n) is 10.7. The van der Waals surface area contributed by atoms with Crippen molar-refractivity contribution < 1.29 is 19.0 Å². The van der Waals surface area contributed by atoms with Crippen LogP contribution in [0.2, 0.25) is 5.02 Å². The molecule has 7 nitrogen and oxygen atoms in total. The van der Waals surface area contributed by atoms with Gasteiger partial charge in [-0.05, 0) is 6.07 Å². The fourth-order valence-corrected chi connectivity index (χ4v) is 1.73. The van der Waals surface area contributed by atoms with Crippen molar-refractivity contribution in [2.75, 3.05) is 14.2 Å². The van der Waals surface area contributed by atoms with Gasteiger partial charge in [0.2, 0.25) is 0 Å². The molecule has 2 aromatic rings. The highest BCUT2D eigenvalue weighted by molar-refractivity contribution is 6.34. The van der Waals surface area contributed by atoms with E-state index >= 15 is 0 Å². The Morgan fingerprint density at radius 2 is 1.85 bits per heavy atom. The molecule has 0 fully saturated rings. The second-order valence-corrected chi connectivity index (χ2v) is 3.90. The van der Waals surface area contributed by atoms with Gasteiger partial charge in [-0.3, -0.25) is 0 Å². The third-order valence-corrected chi connectivity index (χ3v) is 2.64. The van der Waals surface area contributed by atoms with E-state index in [0.29, 0.717) is 5.75 Å². The molecule has 1 aromatic heterocycles. The summed E-state index contributed by atoms with van der Waals surface area (Å²) in [5.74, 6) is -0.0438. The molecule has 1 heterocycles. The lowest BCUT2D eigenvalue weighted by Gasteiger charge is -2.11. The second-order valence-electron chi connectivity index (χ2n) is 3.50. The Morgan fingerprint density at radius 1 is 1.15 bits per heavy atom. The van der Waals surface area contributed by atoms with Crippen LogP contribution in [0.5, 0.6) is 17.5 Å². The highest BCUT2D eigenvalue weighted by atomic mass is 35.5. The summed E-state index contributed by atoms with van der Waals surface area (Å²) in [5.41, 5.74) is 0.0652. The quantitative estimate of drug-likeness (QED) is 0.795. The average Bonchev–Trinajstić information content (AvgIpc) is 2.47. The van der Waals surface area contributed by atoms with E-state index in [9.17, 15) is 4.79 Å². The van der Waals surface area contributed by atoms with Gasteiger partial charge in [-0.2, -0.15) is 9.97 Å². The highest BCUT2D eigenvalue weighted by Crippen LogP contribution is 2.32. The molecule has 20 heavy (non-hydrogen) atoms. The fourth-order valence-electron chi connectivity index (χ4n) is 1.45. The van der Waals surface area contributed by atoms with Crippen molar-refractivity contribution in [3.8, 4) is 17.5 Å². The maximum Gasteiger partial charge on any atom is 0.351 e. The normalized spacial score (nSPS) is 9.95. The first-order chi connectivity index (χ1) is 9.65. The molecule has 0 aliphatic rings. The van der Waals surface area contributed by atoms with Gasteiger partial charge in [-0.15, -0.1) is 0 Å². The van der Waals surface area contributed by atoms with Crippen LogP contribution in [0.4, 0.5) is 0 Å². The molecule has 0 amide bonds. The van der Waals surface area contributed by atoms with E-state index in [-0.39, 0.29) is 22.3 Å². The molecule has 0 unspecified atom stereocenters. The molecule has 0 N–H and O–H groups in total. The zero-order chi connectivity index (χ0) is 14.5. The van der Waals surface area contributed by atoms with Gasteiger partial charge in [0.1, 0.15) is 29.7 Å². The minimum absolute atomic E-state index is 0.0652. The molecule has 0 bridgehead atoms. The van der Waals surface area contributed by atoms with Crippen LogP contribution in [0.1, 0.15) is 10.4 Å². The van der Waals surface area contributed by atoms with Crippen molar-refractivity contribution in [3.63, 3.8) is 0 Å². The predicted molar refractivity (Wildman–Crippen MR) is 69.3 cm³/mol. The van der Waals surface area contributed by atoms with Crippen LogP contribution in [0.3, 0.4) is 0 Å². The van der Waals surface area contributed by atoms with Crippen molar-refractivity contribution in [3.05, 3.63) is 35.4 Å². The van der Waals surface area contributed by atoms with Gasteiger partial charge in [0.05, 0.1) is 19.2 Å². The van der Waals surface area contributed by atoms with E-state index in [1.807, 2.05) is 0 Å². The zero-order valence-corrected chi connectivity index (χ0v) is 11.4. The summed E-state index contributed by atoms with van der Waals surface area (Å²) in [6.07, 6.45) is 2.42. The summed E-state index contributed by atoms with van der Waals surface area (Å²) in [6, 6.07) is 2.88. The Bertz CT molecular complexity index is 622. The maximum atomic E-state index is 12.1. The summed E-state index contributed by atoms with van der Waals surface area (Å²) < 4.78 is 15.1. The molecule has 0 saturated heterocycles. The smallest absolute Gasteiger partial charge is 0.351 e. The van der Waals surface area contributed by atoms with Gasteiger partial charge >= 0.3 is 12.0 Å². The summed E-state index contributed by atoms with van der Waals surface area (Å²) in [5, 5.41) is 0.139. The van der Waals surface area contributed by atoms with Crippen LogP contribution >= 0.6 is 11.6 Å². The molecule has 0 radical (unpaired) electrons. The number of nitrogens with zero attached hydrogens (tertiary/aromatic N) is 3. The number of ether oxygens (including phenoxy) is 3. The fraction of sp³-hybridized carbons (Fsp3) is 0.167. The molecule has 0 saturated carbocycles. The van der Waals surface area contributed by atoms with Gasteiger partial charge in [-0.25, -0.2) is 9.78 Å². The van der Waals surface area contributed by atoms with Crippen molar-refractivity contribution in [2.24, 2.45) is 0 Å². The molecule has 0 aliphatic heterocycles. The minimum atomic E-state index is -0.735. The van der Waals surface area contributed by atoms with E-state index in [1.54, 1.807) is 0 Å². The number of benzene rings is 1. The maximum absolute atomic E-state index is 12.1. The summed E-state index contributed by atoms with van der Waals surface area (Å²) in [7, 11) is 2.89. The predicted octanol–water partition coefficient (Wildman–Crippen LogP) is 1.76. The molecular weight excluding hydrogens is 286 g/mol. The number of carbonyl (C=O) groups is 1.